The molecule has 1 aromatic rings. The van der Waals surface area contributed by atoms with E-state index in [2.05, 4.69) is 10.6 Å². The largest absolute Gasteiger partial charge is 0.452 e. The maximum Gasteiger partial charge on any atom is 0.338 e. The van der Waals surface area contributed by atoms with Crippen molar-refractivity contribution < 1.29 is 19.1 Å². The lowest BCUT2D eigenvalue weighted by Gasteiger charge is -2.14. The smallest absolute Gasteiger partial charge is 0.338 e. The molecule has 126 valence electrons. The Balaban J connectivity index is 2.48. The average Bonchev–Trinajstić information content (AvgIpc) is 2.52. The molecule has 2 amide bonds. The van der Waals surface area contributed by atoms with Crippen molar-refractivity contribution in [1.82, 2.24) is 10.6 Å². The second-order valence-corrected chi connectivity index (χ2v) is 5.47. The number of carbonyl (C=O) groups excluding carboxylic acids is 3. The average molecular weight is 320 g/mol. The summed E-state index contributed by atoms with van der Waals surface area (Å²) in [6.45, 7) is 7.33. The lowest BCUT2D eigenvalue weighted by atomic mass is 10.1. The highest BCUT2D eigenvalue weighted by Gasteiger charge is 2.17. The van der Waals surface area contributed by atoms with Crippen molar-refractivity contribution in [3.8, 4) is 0 Å². The number of hydrogen-bond acceptors (Lipinski definition) is 4. The topological polar surface area (TPSA) is 84.5 Å². The van der Waals surface area contributed by atoms with Gasteiger partial charge in [0.2, 0.25) is 5.91 Å². The molecular weight excluding hydrogens is 296 g/mol. The number of ether oxygens (including phenoxy) is 1. The van der Waals surface area contributed by atoms with Crippen LogP contribution in [0.2, 0.25) is 0 Å². The summed E-state index contributed by atoms with van der Waals surface area (Å²) in [5.74, 6) is -1.33. The molecule has 6 heteroatoms. The highest BCUT2D eigenvalue weighted by atomic mass is 16.5. The zero-order valence-electron chi connectivity index (χ0n) is 14.1. The Hall–Kier alpha value is -2.37. The molecule has 0 aliphatic carbocycles. The lowest BCUT2D eigenvalue weighted by Crippen LogP contribution is -2.46. The van der Waals surface area contributed by atoms with E-state index in [1.54, 1.807) is 19.9 Å². The van der Waals surface area contributed by atoms with Crippen LogP contribution in [-0.2, 0) is 14.3 Å². The van der Waals surface area contributed by atoms with Crippen LogP contribution in [0.25, 0.3) is 0 Å². The number of aryl methyl sites for hydroxylation is 2. The van der Waals surface area contributed by atoms with Crippen LogP contribution < -0.4 is 10.6 Å². The van der Waals surface area contributed by atoms with Gasteiger partial charge in [-0.15, -0.1) is 0 Å². The van der Waals surface area contributed by atoms with Crippen molar-refractivity contribution in [2.45, 2.75) is 40.2 Å². The molecule has 23 heavy (non-hydrogen) atoms. The van der Waals surface area contributed by atoms with Gasteiger partial charge in [-0.2, -0.15) is 0 Å². The molecule has 0 unspecified atom stereocenters. The highest BCUT2D eigenvalue weighted by molar-refractivity contribution is 5.93. The van der Waals surface area contributed by atoms with E-state index < -0.39 is 24.5 Å². The van der Waals surface area contributed by atoms with Gasteiger partial charge >= 0.3 is 5.97 Å². The molecule has 0 saturated heterocycles. The van der Waals surface area contributed by atoms with Crippen LogP contribution in [0.3, 0.4) is 0 Å². The Bertz CT molecular complexity index is 584. The summed E-state index contributed by atoms with van der Waals surface area (Å²) in [5.41, 5.74) is 2.16. The first-order valence-electron chi connectivity index (χ1n) is 7.66. The van der Waals surface area contributed by atoms with Gasteiger partial charge in [-0.05, 0) is 38.8 Å². The Morgan fingerprint density at radius 3 is 2.57 bits per heavy atom. The van der Waals surface area contributed by atoms with Crippen LogP contribution in [-0.4, -0.2) is 37.0 Å². The van der Waals surface area contributed by atoms with E-state index in [0.717, 1.165) is 17.5 Å². The van der Waals surface area contributed by atoms with Gasteiger partial charge in [-0.1, -0.05) is 24.6 Å². The van der Waals surface area contributed by atoms with Crippen LogP contribution >= 0.6 is 0 Å². The fourth-order valence-corrected chi connectivity index (χ4v) is 1.91. The minimum Gasteiger partial charge on any atom is -0.452 e. The molecule has 0 spiro atoms. The van der Waals surface area contributed by atoms with Gasteiger partial charge in [0.25, 0.3) is 5.91 Å². The van der Waals surface area contributed by atoms with Gasteiger partial charge < -0.3 is 15.4 Å². The normalized spacial score (nSPS) is 11.5. The first-order chi connectivity index (χ1) is 10.8. The second-order valence-electron chi connectivity index (χ2n) is 5.47. The van der Waals surface area contributed by atoms with Gasteiger partial charge in [0.15, 0.2) is 6.61 Å². The van der Waals surface area contributed by atoms with Crippen LogP contribution in [0.4, 0.5) is 0 Å². The van der Waals surface area contributed by atoms with Gasteiger partial charge in [-0.25, -0.2) is 4.79 Å². The first-order valence-corrected chi connectivity index (χ1v) is 7.66. The van der Waals surface area contributed by atoms with E-state index in [9.17, 15) is 14.4 Å². The Labute approximate surface area is 136 Å². The molecule has 0 aliphatic rings. The number of hydrogen-bond donors (Lipinski definition) is 2. The van der Waals surface area contributed by atoms with Crippen LogP contribution in [0.5, 0.6) is 0 Å². The van der Waals surface area contributed by atoms with E-state index in [1.807, 2.05) is 26.0 Å². The zero-order chi connectivity index (χ0) is 17.4. The number of amides is 2. The molecular formula is C17H24N2O4. The summed E-state index contributed by atoms with van der Waals surface area (Å²) in [7, 11) is 0. The van der Waals surface area contributed by atoms with Crippen LogP contribution in [0, 0.1) is 13.8 Å². The summed E-state index contributed by atoms with van der Waals surface area (Å²) in [6.07, 6.45) is 0.819. The number of nitrogens with one attached hydrogen (secondary N) is 2. The van der Waals surface area contributed by atoms with Crippen molar-refractivity contribution in [3.05, 3.63) is 34.9 Å². The molecule has 0 aliphatic heterocycles. The van der Waals surface area contributed by atoms with Gasteiger partial charge in [-0.3, -0.25) is 9.59 Å². The second kappa shape index (κ2) is 8.92. The number of benzene rings is 1. The van der Waals surface area contributed by atoms with E-state index in [-0.39, 0.29) is 5.91 Å². The molecule has 1 rings (SSSR count). The van der Waals surface area contributed by atoms with E-state index in [4.69, 9.17) is 4.74 Å². The third-order valence-corrected chi connectivity index (χ3v) is 3.27. The molecule has 0 fully saturated rings. The third-order valence-electron chi connectivity index (χ3n) is 3.27. The number of rotatable bonds is 7. The van der Waals surface area contributed by atoms with Crippen molar-refractivity contribution in [2.75, 3.05) is 13.2 Å². The van der Waals surface area contributed by atoms with E-state index in [0.29, 0.717) is 12.1 Å². The fourth-order valence-electron chi connectivity index (χ4n) is 1.91. The van der Waals surface area contributed by atoms with E-state index in [1.165, 1.54) is 0 Å². The van der Waals surface area contributed by atoms with Crippen LogP contribution in [0.1, 0.15) is 41.8 Å². The first kappa shape index (κ1) is 18.7. The maximum atomic E-state index is 12.0. The van der Waals surface area contributed by atoms with E-state index >= 15 is 0 Å². The maximum absolute atomic E-state index is 12.0. The van der Waals surface area contributed by atoms with Crippen molar-refractivity contribution in [1.29, 1.82) is 0 Å². The summed E-state index contributed by atoms with van der Waals surface area (Å²) < 4.78 is 5.00. The monoisotopic (exact) mass is 320 g/mol. The molecule has 0 radical (unpaired) electrons. The standard InChI is InChI=1S/C17H24N2O4/c1-5-8-18-16(21)13(4)19-15(20)10-23-17(22)14-9-11(2)6-7-12(14)3/h6-7,9,13H,5,8,10H2,1-4H3,(H,18,21)(H,19,20)/t13-/m1/s1. The molecule has 1 atom stereocenters. The van der Waals surface area contributed by atoms with Crippen molar-refractivity contribution in [3.63, 3.8) is 0 Å². The fraction of sp³-hybridized carbons (Fsp3) is 0.471. The molecule has 2 N–H and O–H groups in total. The molecule has 1 aromatic carbocycles. The number of esters is 1. The quantitative estimate of drug-likeness (QED) is 0.746. The molecule has 0 bridgehead atoms. The third kappa shape index (κ3) is 6.10. The van der Waals surface area contributed by atoms with Crippen molar-refractivity contribution in [2.24, 2.45) is 0 Å². The highest BCUT2D eigenvalue weighted by Crippen LogP contribution is 2.11. The van der Waals surface area contributed by atoms with Gasteiger partial charge in [0, 0.05) is 6.54 Å². The molecule has 0 saturated carbocycles. The molecule has 0 aromatic heterocycles. The summed E-state index contributed by atoms with van der Waals surface area (Å²) in [6, 6.07) is 4.77. The number of carbonyl (C=O) groups is 3. The summed E-state index contributed by atoms with van der Waals surface area (Å²) in [4.78, 5) is 35.4. The predicted octanol–water partition coefficient (Wildman–Crippen LogP) is 1.49. The SMILES string of the molecule is CCCNC(=O)[C@@H](C)NC(=O)COC(=O)c1cc(C)ccc1C. The zero-order valence-corrected chi connectivity index (χ0v) is 14.1. The summed E-state index contributed by atoms with van der Waals surface area (Å²) >= 11 is 0. The molecule has 6 nitrogen and oxygen atoms in total. The van der Waals surface area contributed by atoms with Crippen molar-refractivity contribution >= 4 is 17.8 Å². The van der Waals surface area contributed by atoms with Gasteiger partial charge in [0.05, 0.1) is 5.56 Å². The minimum absolute atomic E-state index is 0.263. The Morgan fingerprint density at radius 2 is 1.91 bits per heavy atom. The van der Waals surface area contributed by atoms with Gasteiger partial charge in [0.1, 0.15) is 6.04 Å². The Kier molecular flexibility index (Phi) is 7.25. The lowest BCUT2D eigenvalue weighted by molar-refractivity contribution is -0.130. The Morgan fingerprint density at radius 1 is 1.22 bits per heavy atom. The molecule has 0 heterocycles. The predicted molar refractivity (Wildman–Crippen MR) is 87.1 cm³/mol. The minimum atomic E-state index is -0.673. The summed E-state index contributed by atoms with van der Waals surface area (Å²) in [5, 5.41) is 5.17. The van der Waals surface area contributed by atoms with Crippen LogP contribution in [0.15, 0.2) is 18.2 Å².